The largest absolute Gasteiger partial charge is 0.461 e. The smallest absolute Gasteiger partial charge is 0.315 e. The van der Waals surface area contributed by atoms with Gasteiger partial charge in [-0.25, -0.2) is 0 Å². The topological polar surface area (TPSA) is 26.3 Å². The summed E-state index contributed by atoms with van der Waals surface area (Å²) in [7, 11) is 0. The quantitative estimate of drug-likeness (QED) is 0.325. The summed E-state index contributed by atoms with van der Waals surface area (Å²) < 4.78 is 5.70. The summed E-state index contributed by atoms with van der Waals surface area (Å²) in [6, 6.07) is 0. The van der Waals surface area contributed by atoms with E-state index in [2.05, 4.69) is 51.9 Å². The van der Waals surface area contributed by atoms with Crippen LogP contribution in [-0.2, 0) is 9.53 Å². The summed E-state index contributed by atoms with van der Waals surface area (Å²) in [5, 5.41) is 0. The van der Waals surface area contributed by atoms with Gasteiger partial charge in [-0.15, -0.1) is 0 Å². The van der Waals surface area contributed by atoms with Gasteiger partial charge in [-0.3, -0.25) is 4.79 Å². The van der Waals surface area contributed by atoms with Gasteiger partial charge in [0, 0.05) is 11.3 Å². The summed E-state index contributed by atoms with van der Waals surface area (Å²) in [4.78, 5) is 12.7. The van der Waals surface area contributed by atoms with Gasteiger partial charge >= 0.3 is 5.97 Å². The van der Waals surface area contributed by atoms with E-state index in [1.54, 1.807) is 0 Å². The molecule has 0 amide bonds. The molecule has 0 bridgehead atoms. The third kappa shape index (κ3) is 1.52. The van der Waals surface area contributed by atoms with Crippen molar-refractivity contribution in [3.05, 3.63) is 24.3 Å². The van der Waals surface area contributed by atoms with Gasteiger partial charge < -0.3 is 4.74 Å². The number of halogens is 2. The fraction of sp³-hybridized carbons (Fsp3) is 0.706. The van der Waals surface area contributed by atoms with Crippen LogP contribution < -0.4 is 0 Å². The summed E-state index contributed by atoms with van der Waals surface area (Å²) in [6.45, 7) is 10.9. The standard InChI is InChI=1S/C17H20Br2O2/c1-9-6-7-15(3)13(12-10(2)4-5-11(9)12)21-14(20)16(15)8-17(16,18)19/h11-13H,1-2,4-8H2,3H3/t11-,12-,13+,15+,16+/m0/s1. The number of fused-ring (bicyclic) bond motifs is 4. The average molecular weight is 416 g/mol. The molecule has 4 heteroatoms. The molecule has 0 aromatic heterocycles. The lowest BCUT2D eigenvalue weighted by Crippen LogP contribution is -2.41. The van der Waals surface area contributed by atoms with Crippen LogP contribution >= 0.6 is 31.9 Å². The molecule has 114 valence electrons. The first kappa shape index (κ1) is 14.5. The molecule has 2 nitrogen and oxygen atoms in total. The number of hydrogen-bond acceptors (Lipinski definition) is 2. The Bertz CT molecular complexity index is 581. The fourth-order valence-corrected chi connectivity index (χ4v) is 7.31. The molecule has 1 saturated heterocycles. The van der Waals surface area contributed by atoms with E-state index in [4.69, 9.17) is 4.74 Å². The predicted octanol–water partition coefficient (Wildman–Crippen LogP) is 4.73. The zero-order valence-corrected chi connectivity index (χ0v) is 15.4. The van der Waals surface area contributed by atoms with Gasteiger partial charge in [0.25, 0.3) is 0 Å². The number of ether oxygens (including phenoxy) is 1. The fourth-order valence-electron chi connectivity index (χ4n) is 5.24. The van der Waals surface area contributed by atoms with Gasteiger partial charge in [0.15, 0.2) is 0 Å². The van der Waals surface area contributed by atoms with E-state index in [0.29, 0.717) is 5.92 Å². The van der Waals surface area contributed by atoms with Crippen molar-refractivity contribution in [1.82, 2.24) is 0 Å². The van der Waals surface area contributed by atoms with E-state index in [-0.39, 0.29) is 26.6 Å². The predicted molar refractivity (Wildman–Crippen MR) is 89.4 cm³/mol. The molecule has 5 atom stereocenters. The van der Waals surface area contributed by atoms with Crippen LogP contribution in [0.4, 0.5) is 0 Å². The molecule has 4 aliphatic rings. The first-order chi connectivity index (χ1) is 9.74. The summed E-state index contributed by atoms with van der Waals surface area (Å²) in [5.41, 5.74) is 2.01. The molecule has 0 N–H and O–H groups in total. The van der Waals surface area contributed by atoms with E-state index in [1.165, 1.54) is 11.1 Å². The molecule has 4 fully saturated rings. The second-order valence-corrected chi connectivity index (χ2v) is 11.3. The highest BCUT2D eigenvalue weighted by Crippen LogP contribution is 2.80. The van der Waals surface area contributed by atoms with Gasteiger partial charge in [0.1, 0.15) is 11.5 Å². The Balaban J connectivity index is 1.84. The zero-order chi connectivity index (χ0) is 15.2. The van der Waals surface area contributed by atoms with Crippen molar-refractivity contribution in [2.24, 2.45) is 22.7 Å². The maximum Gasteiger partial charge on any atom is 0.315 e. The van der Waals surface area contributed by atoms with E-state index < -0.39 is 5.41 Å². The SMILES string of the molecule is C=C1CC[C@H]2C(=C)CC[C@]3(C)[C@H](OC(=O)[C@]34CC4(Br)Br)[C@@H]12. The van der Waals surface area contributed by atoms with Crippen molar-refractivity contribution in [2.45, 2.75) is 48.4 Å². The monoisotopic (exact) mass is 414 g/mol. The maximum atomic E-state index is 12.7. The Labute approximate surface area is 142 Å². The van der Waals surface area contributed by atoms with Crippen molar-refractivity contribution in [1.29, 1.82) is 0 Å². The summed E-state index contributed by atoms with van der Waals surface area (Å²) in [6.07, 6.45) is 4.90. The lowest BCUT2D eigenvalue weighted by atomic mass is 9.66. The Morgan fingerprint density at radius 1 is 1.24 bits per heavy atom. The van der Waals surface area contributed by atoms with Crippen LogP contribution in [0.15, 0.2) is 24.3 Å². The van der Waals surface area contributed by atoms with Gasteiger partial charge in [-0.05, 0) is 38.0 Å². The zero-order valence-electron chi connectivity index (χ0n) is 12.3. The Morgan fingerprint density at radius 2 is 1.90 bits per heavy atom. The Morgan fingerprint density at radius 3 is 2.52 bits per heavy atom. The number of rotatable bonds is 0. The highest BCUT2D eigenvalue weighted by molar-refractivity contribution is 9.25. The number of esters is 1. The van der Waals surface area contributed by atoms with Gasteiger partial charge in [0.2, 0.25) is 0 Å². The lowest BCUT2D eigenvalue weighted by molar-refractivity contribution is -0.146. The molecule has 3 aliphatic carbocycles. The van der Waals surface area contributed by atoms with Crippen molar-refractivity contribution in [3.63, 3.8) is 0 Å². The van der Waals surface area contributed by atoms with Gasteiger partial charge in [0.05, 0.1) is 3.23 Å². The van der Waals surface area contributed by atoms with Crippen LogP contribution in [0.3, 0.4) is 0 Å². The molecule has 0 radical (unpaired) electrons. The number of carbonyl (C=O) groups is 1. The molecule has 4 rings (SSSR count). The molecule has 0 aromatic rings. The lowest BCUT2D eigenvalue weighted by Gasteiger charge is -2.36. The van der Waals surface area contributed by atoms with Crippen molar-refractivity contribution in [2.75, 3.05) is 0 Å². The van der Waals surface area contributed by atoms with Crippen molar-refractivity contribution >= 4 is 37.8 Å². The van der Waals surface area contributed by atoms with E-state index in [0.717, 1.165) is 32.1 Å². The number of allylic oxidation sites excluding steroid dienone is 1. The van der Waals surface area contributed by atoms with Crippen LogP contribution in [-0.4, -0.2) is 15.3 Å². The summed E-state index contributed by atoms with van der Waals surface area (Å²) >= 11 is 7.41. The number of alkyl halides is 2. The van der Waals surface area contributed by atoms with Crippen molar-refractivity contribution < 1.29 is 9.53 Å². The molecule has 1 aliphatic heterocycles. The molecular weight excluding hydrogens is 396 g/mol. The molecule has 0 aromatic carbocycles. The maximum absolute atomic E-state index is 12.7. The number of hydrogen-bond donors (Lipinski definition) is 0. The first-order valence-corrected chi connectivity index (χ1v) is 9.27. The van der Waals surface area contributed by atoms with Crippen LogP contribution in [0.5, 0.6) is 0 Å². The van der Waals surface area contributed by atoms with Crippen molar-refractivity contribution in [3.8, 4) is 0 Å². The molecule has 1 heterocycles. The van der Waals surface area contributed by atoms with Crippen LogP contribution in [0.2, 0.25) is 0 Å². The minimum atomic E-state index is -0.428. The molecule has 0 unspecified atom stereocenters. The second kappa shape index (κ2) is 4.05. The minimum Gasteiger partial charge on any atom is -0.461 e. The van der Waals surface area contributed by atoms with Crippen LogP contribution in [0.1, 0.15) is 39.0 Å². The van der Waals surface area contributed by atoms with E-state index in [9.17, 15) is 4.79 Å². The van der Waals surface area contributed by atoms with Crippen LogP contribution in [0, 0.1) is 22.7 Å². The van der Waals surface area contributed by atoms with E-state index in [1.807, 2.05) is 0 Å². The summed E-state index contributed by atoms with van der Waals surface area (Å²) in [5.74, 6) is 0.686. The molecular formula is C17H20Br2O2. The minimum absolute atomic E-state index is 0.0327. The molecule has 1 spiro atoms. The van der Waals surface area contributed by atoms with Crippen LogP contribution in [0.25, 0.3) is 0 Å². The Kier molecular flexibility index (Phi) is 2.80. The van der Waals surface area contributed by atoms with Gasteiger partial charge in [-0.2, -0.15) is 0 Å². The normalized spacial score (nSPS) is 50.6. The van der Waals surface area contributed by atoms with Gasteiger partial charge in [-0.1, -0.05) is 63.1 Å². The third-order valence-corrected chi connectivity index (χ3v) is 8.58. The third-order valence-electron chi connectivity index (χ3n) is 6.67. The molecule has 21 heavy (non-hydrogen) atoms. The number of carbonyl (C=O) groups excluding carboxylic acids is 1. The highest BCUT2D eigenvalue weighted by Gasteiger charge is 2.84. The Hall–Kier alpha value is -0.0900. The highest BCUT2D eigenvalue weighted by atomic mass is 79.9. The second-order valence-electron chi connectivity index (χ2n) is 7.52. The average Bonchev–Trinajstić information content (AvgIpc) is 2.75. The first-order valence-electron chi connectivity index (χ1n) is 7.69. The molecule has 3 saturated carbocycles. The van der Waals surface area contributed by atoms with E-state index >= 15 is 0 Å².